The minimum atomic E-state index is -3.61. The summed E-state index contributed by atoms with van der Waals surface area (Å²) < 4.78 is 27.4. The predicted octanol–water partition coefficient (Wildman–Crippen LogP) is 2.58. The molecule has 1 aliphatic rings. The van der Waals surface area contributed by atoms with E-state index in [-0.39, 0.29) is 16.8 Å². The molecule has 1 heterocycles. The van der Waals surface area contributed by atoms with Gasteiger partial charge in [-0.2, -0.15) is 0 Å². The van der Waals surface area contributed by atoms with E-state index in [1.807, 2.05) is 13.8 Å². The summed E-state index contributed by atoms with van der Waals surface area (Å²) in [6.07, 6.45) is 0.592. The van der Waals surface area contributed by atoms with Gasteiger partial charge < -0.3 is 5.32 Å². The number of hydrogen-bond acceptors (Lipinski definition) is 3. The third kappa shape index (κ3) is 2.78. The number of benzene rings is 2. The van der Waals surface area contributed by atoms with E-state index < -0.39 is 10.0 Å². The maximum Gasteiger partial charge on any atom is 0.264 e. The highest BCUT2D eigenvalue weighted by atomic mass is 32.2. The normalized spacial score (nSPS) is 16.8. The van der Waals surface area contributed by atoms with E-state index in [0.717, 1.165) is 5.56 Å². The van der Waals surface area contributed by atoms with Gasteiger partial charge in [0.05, 0.1) is 10.6 Å². The number of fused-ring (bicyclic) bond motifs is 1. The molecule has 0 fully saturated rings. The molecule has 0 aliphatic carbocycles. The molecule has 1 N–H and O–H groups in total. The summed E-state index contributed by atoms with van der Waals surface area (Å²) >= 11 is 0. The fourth-order valence-corrected chi connectivity index (χ4v) is 4.79. The second-order valence-corrected chi connectivity index (χ2v) is 7.68. The second-order valence-electron chi connectivity index (χ2n) is 5.87. The molecule has 5 nitrogen and oxygen atoms in total. The highest BCUT2D eigenvalue weighted by molar-refractivity contribution is 7.92. The monoisotopic (exact) mass is 344 g/mol. The molecule has 24 heavy (non-hydrogen) atoms. The summed E-state index contributed by atoms with van der Waals surface area (Å²) in [5.74, 6) is -0.141. The first-order valence-electron chi connectivity index (χ1n) is 7.95. The van der Waals surface area contributed by atoms with Crippen molar-refractivity contribution in [2.45, 2.75) is 31.2 Å². The van der Waals surface area contributed by atoms with Gasteiger partial charge in [-0.3, -0.25) is 9.10 Å². The lowest BCUT2D eigenvalue weighted by atomic mass is 10.1. The van der Waals surface area contributed by atoms with E-state index in [1.54, 1.807) is 48.5 Å². The van der Waals surface area contributed by atoms with Crippen LogP contribution in [-0.4, -0.2) is 26.9 Å². The molecule has 2 aromatic carbocycles. The lowest BCUT2D eigenvalue weighted by Crippen LogP contribution is -2.35. The Kier molecular flexibility index (Phi) is 4.32. The quantitative estimate of drug-likeness (QED) is 0.927. The highest BCUT2D eigenvalue weighted by Gasteiger charge is 2.36. The topological polar surface area (TPSA) is 66.5 Å². The molecule has 0 saturated heterocycles. The predicted molar refractivity (Wildman–Crippen MR) is 93.7 cm³/mol. The molecular formula is C18H20N2O3S. The highest BCUT2D eigenvalue weighted by Crippen LogP contribution is 2.37. The smallest absolute Gasteiger partial charge is 0.264 e. The van der Waals surface area contributed by atoms with E-state index in [2.05, 4.69) is 5.32 Å². The third-order valence-electron chi connectivity index (χ3n) is 4.13. The summed E-state index contributed by atoms with van der Waals surface area (Å²) in [4.78, 5) is 12.3. The Labute approximate surface area is 142 Å². The lowest BCUT2D eigenvalue weighted by Gasteiger charge is -2.24. The molecule has 126 valence electrons. The number of sulfonamides is 1. The van der Waals surface area contributed by atoms with Crippen LogP contribution in [0.25, 0.3) is 0 Å². The van der Waals surface area contributed by atoms with E-state index in [0.29, 0.717) is 24.2 Å². The van der Waals surface area contributed by atoms with Crippen molar-refractivity contribution in [3.05, 3.63) is 59.7 Å². The summed E-state index contributed by atoms with van der Waals surface area (Å²) in [6.45, 7) is 4.30. The largest absolute Gasteiger partial charge is 0.352 e. The second kappa shape index (κ2) is 6.28. The van der Waals surface area contributed by atoms with Crippen LogP contribution in [0.5, 0.6) is 0 Å². The number of amides is 1. The molecule has 0 bridgehead atoms. The molecule has 0 spiro atoms. The van der Waals surface area contributed by atoms with Gasteiger partial charge in [-0.05, 0) is 56.2 Å². The van der Waals surface area contributed by atoms with Gasteiger partial charge in [0.15, 0.2) is 0 Å². The Morgan fingerprint density at radius 3 is 2.58 bits per heavy atom. The van der Waals surface area contributed by atoms with Crippen LogP contribution >= 0.6 is 0 Å². The van der Waals surface area contributed by atoms with Crippen LogP contribution in [0.4, 0.5) is 5.69 Å². The van der Waals surface area contributed by atoms with Crippen molar-refractivity contribution in [2.75, 3.05) is 10.8 Å². The summed E-state index contributed by atoms with van der Waals surface area (Å²) in [5, 5.41) is 2.76. The Balaban J connectivity index is 2.01. The van der Waals surface area contributed by atoms with Crippen molar-refractivity contribution in [1.82, 2.24) is 5.32 Å². The first kappa shape index (κ1) is 16.5. The average Bonchev–Trinajstić information content (AvgIpc) is 2.91. The molecule has 6 heteroatoms. The van der Waals surface area contributed by atoms with Crippen molar-refractivity contribution >= 4 is 21.6 Å². The van der Waals surface area contributed by atoms with Crippen molar-refractivity contribution < 1.29 is 13.2 Å². The maximum absolute atomic E-state index is 13.0. The maximum atomic E-state index is 13.0. The van der Waals surface area contributed by atoms with Crippen LogP contribution in [0.3, 0.4) is 0 Å². The molecule has 1 amide bonds. The van der Waals surface area contributed by atoms with Gasteiger partial charge in [0, 0.05) is 18.2 Å². The Morgan fingerprint density at radius 1 is 1.21 bits per heavy atom. The molecule has 0 aromatic heterocycles. The Bertz CT molecular complexity index is 863. The number of hydrogen-bond donors (Lipinski definition) is 1. The molecule has 3 rings (SSSR count). The molecule has 1 aliphatic heterocycles. The van der Waals surface area contributed by atoms with Crippen LogP contribution in [0.15, 0.2) is 53.4 Å². The zero-order valence-corrected chi connectivity index (χ0v) is 14.5. The van der Waals surface area contributed by atoms with E-state index >= 15 is 0 Å². The zero-order valence-electron chi connectivity index (χ0n) is 13.7. The van der Waals surface area contributed by atoms with Crippen LogP contribution in [0.1, 0.15) is 29.8 Å². The first-order chi connectivity index (χ1) is 11.4. The number of carbonyl (C=O) groups excluding carboxylic acids is 1. The Morgan fingerprint density at radius 2 is 1.92 bits per heavy atom. The van der Waals surface area contributed by atoms with Gasteiger partial charge in [0.25, 0.3) is 15.9 Å². The van der Waals surface area contributed by atoms with Gasteiger partial charge in [-0.1, -0.05) is 18.2 Å². The van der Waals surface area contributed by atoms with Gasteiger partial charge in [0.1, 0.15) is 0 Å². The molecule has 1 atom stereocenters. The third-order valence-corrected chi connectivity index (χ3v) is 6.07. The van der Waals surface area contributed by atoms with Crippen LogP contribution in [-0.2, 0) is 16.4 Å². The van der Waals surface area contributed by atoms with Crippen LogP contribution < -0.4 is 9.62 Å². The molecule has 0 radical (unpaired) electrons. The standard InChI is InChI=1S/C18H20N2O3S/c1-3-19-18(21)14-9-10-17-15(12-14)11-13(2)20(17)24(22,23)16-7-5-4-6-8-16/h4-10,12-13H,3,11H2,1-2H3,(H,19,21)/t13-/m0/s1. The molecular weight excluding hydrogens is 324 g/mol. The molecule has 0 saturated carbocycles. The fourth-order valence-electron chi connectivity index (χ4n) is 3.08. The van der Waals surface area contributed by atoms with E-state index in [9.17, 15) is 13.2 Å². The average molecular weight is 344 g/mol. The first-order valence-corrected chi connectivity index (χ1v) is 9.39. The number of nitrogens with one attached hydrogen (secondary N) is 1. The minimum absolute atomic E-state index is 0.141. The summed E-state index contributed by atoms with van der Waals surface area (Å²) in [6, 6.07) is 13.4. The fraction of sp³-hybridized carbons (Fsp3) is 0.278. The van der Waals surface area contributed by atoms with Crippen molar-refractivity contribution in [3.8, 4) is 0 Å². The minimum Gasteiger partial charge on any atom is -0.352 e. The van der Waals surface area contributed by atoms with E-state index in [1.165, 1.54) is 4.31 Å². The zero-order chi connectivity index (χ0) is 17.3. The van der Waals surface area contributed by atoms with Gasteiger partial charge in [-0.15, -0.1) is 0 Å². The summed E-state index contributed by atoms with van der Waals surface area (Å²) in [5.41, 5.74) is 2.09. The van der Waals surface area contributed by atoms with E-state index in [4.69, 9.17) is 0 Å². The number of carbonyl (C=O) groups is 1. The SMILES string of the molecule is CCNC(=O)c1ccc2c(c1)C[C@H](C)N2S(=O)(=O)c1ccccc1. The van der Waals surface area contributed by atoms with Gasteiger partial charge in [-0.25, -0.2) is 8.42 Å². The van der Waals surface area contributed by atoms with Gasteiger partial charge >= 0.3 is 0 Å². The van der Waals surface area contributed by atoms with Crippen molar-refractivity contribution in [3.63, 3.8) is 0 Å². The summed E-state index contributed by atoms with van der Waals surface area (Å²) in [7, 11) is -3.61. The Hall–Kier alpha value is -2.34. The van der Waals surface area contributed by atoms with Crippen molar-refractivity contribution in [1.29, 1.82) is 0 Å². The van der Waals surface area contributed by atoms with Gasteiger partial charge in [0.2, 0.25) is 0 Å². The number of nitrogens with zero attached hydrogens (tertiary/aromatic N) is 1. The molecule has 2 aromatic rings. The number of anilines is 1. The molecule has 0 unspecified atom stereocenters. The van der Waals surface area contributed by atoms with Crippen molar-refractivity contribution in [2.24, 2.45) is 0 Å². The number of rotatable bonds is 4. The van der Waals surface area contributed by atoms with Crippen LogP contribution in [0.2, 0.25) is 0 Å². The lowest BCUT2D eigenvalue weighted by molar-refractivity contribution is 0.0955. The van der Waals surface area contributed by atoms with Crippen LogP contribution in [0, 0.1) is 0 Å².